The number of hydrogen-bond acceptors (Lipinski definition) is 5. The lowest BCUT2D eigenvalue weighted by molar-refractivity contribution is -0.0205. The van der Waals surface area contributed by atoms with Crippen LogP contribution < -0.4 is 0 Å². The molecule has 0 spiro atoms. The summed E-state index contributed by atoms with van der Waals surface area (Å²) in [5, 5.41) is 0. The van der Waals surface area contributed by atoms with Gasteiger partial charge in [-0.15, -0.1) is 0 Å². The van der Waals surface area contributed by atoms with E-state index in [4.69, 9.17) is 14.5 Å². The second-order valence-electron chi connectivity index (χ2n) is 4.05. The van der Waals surface area contributed by atoms with Crippen LogP contribution in [0.1, 0.15) is 11.1 Å². The van der Waals surface area contributed by atoms with Crippen molar-refractivity contribution in [3.8, 4) is 0 Å². The summed E-state index contributed by atoms with van der Waals surface area (Å²) in [6.07, 6.45) is -0.124. The fourth-order valence-corrected chi connectivity index (χ4v) is 2.11. The molecule has 104 valence electrons. The maximum Gasteiger partial charge on any atom is 0.510 e. The Kier molecular flexibility index (Phi) is 4.21. The van der Waals surface area contributed by atoms with Crippen LogP contribution in [0, 0.1) is 0 Å². The van der Waals surface area contributed by atoms with Gasteiger partial charge in [-0.3, -0.25) is 0 Å². The molecular formula is C11H13O7P. The van der Waals surface area contributed by atoms with Crippen LogP contribution in [0.5, 0.6) is 0 Å². The minimum atomic E-state index is -4.64. The zero-order valence-electron chi connectivity index (χ0n) is 9.89. The Hall–Kier alpha value is -1.40. The second-order valence-corrected chi connectivity index (χ2v) is 5.29. The molecule has 2 rings (SSSR count). The molecule has 0 unspecified atom stereocenters. The van der Waals surface area contributed by atoms with E-state index < -0.39 is 20.8 Å². The van der Waals surface area contributed by atoms with Crippen molar-refractivity contribution in [1.29, 1.82) is 0 Å². The van der Waals surface area contributed by atoms with E-state index in [9.17, 15) is 9.36 Å². The third-order valence-electron chi connectivity index (χ3n) is 2.67. The topological polar surface area (TPSA) is 102 Å². The maximum absolute atomic E-state index is 11.3. The number of benzene rings is 1. The number of phosphoric acid groups is 1. The average molecular weight is 288 g/mol. The van der Waals surface area contributed by atoms with E-state index in [1.807, 2.05) is 24.3 Å². The molecule has 0 aromatic heterocycles. The fraction of sp³-hybridized carbons (Fsp3) is 0.364. The van der Waals surface area contributed by atoms with E-state index in [1.165, 1.54) is 0 Å². The summed E-state index contributed by atoms with van der Waals surface area (Å²) in [5.41, 5.74) is 2.23. The van der Waals surface area contributed by atoms with Crippen LogP contribution in [0.15, 0.2) is 24.3 Å². The summed E-state index contributed by atoms with van der Waals surface area (Å²) in [6, 6.07) is 7.74. The van der Waals surface area contributed by atoms with Gasteiger partial charge in [0.1, 0.15) is 6.10 Å². The molecule has 0 bridgehead atoms. The van der Waals surface area contributed by atoms with Crippen molar-refractivity contribution in [2.45, 2.75) is 18.9 Å². The minimum absolute atomic E-state index is 0.319. The van der Waals surface area contributed by atoms with Crippen molar-refractivity contribution in [2.75, 3.05) is 6.79 Å². The fourth-order valence-electron chi connectivity index (χ4n) is 1.92. The zero-order valence-corrected chi connectivity index (χ0v) is 10.8. The number of fused-ring (bicyclic) bond motifs is 1. The van der Waals surface area contributed by atoms with Gasteiger partial charge in [-0.25, -0.2) is 13.9 Å². The van der Waals surface area contributed by atoms with Gasteiger partial charge in [0, 0.05) is 12.8 Å². The van der Waals surface area contributed by atoms with Crippen LogP contribution in [0.2, 0.25) is 0 Å². The first kappa shape index (κ1) is 14.0. The summed E-state index contributed by atoms with van der Waals surface area (Å²) in [5.74, 6) is 0. The lowest BCUT2D eigenvalue weighted by atomic mass is 10.1. The van der Waals surface area contributed by atoms with E-state index >= 15 is 0 Å². The van der Waals surface area contributed by atoms with Gasteiger partial charge in [0.2, 0.25) is 6.79 Å². The van der Waals surface area contributed by atoms with Crippen molar-refractivity contribution in [3.63, 3.8) is 0 Å². The predicted octanol–water partition coefficient (Wildman–Crippen LogP) is 1.37. The molecule has 1 aromatic rings. The third kappa shape index (κ3) is 4.33. The Balaban J connectivity index is 1.75. The van der Waals surface area contributed by atoms with Gasteiger partial charge < -0.3 is 19.3 Å². The molecule has 1 aromatic carbocycles. The minimum Gasteiger partial charge on any atom is -0.430 e. The number of rotatable bonds is 4. The summed E-state index contributed by atoms with van der Waals surface area (Å²) >= 11 is 0. The Labute approximate surface area is 109 Å². The molecular weight excluding hydrogens is 275 g/mol. The Morgan fingerprint density at radius 3 is 2.37 bits per heavy atom. The van der Waals surface area contributed by atoms with Crippen LogP contribution in [-0.4, -0.2) is 28.8 Å². The summed E-state index contributed by atoms with van der Waals surface area (Å²) in [7, 11) is -4.64. The molecule has 0 atom stereocenters. The quantitative estimate of drug-likeness (QED) is 0.490. The molecule has 8 heteroatoms. The number of carbonyl (C=O) groups excluding carboxylic acids is 1. The van der Waals surface area contributed by atoms with Crippen molar-refractivity contribution in [2.24, 2.45) is 0 Å². The van der Waals surface area contributed by atoms with Crippen LogP contribution in [-0.2, 0) is 31.4 Å². The van der Waals surface area contributed by atoms with E-state index in [1.54, 1.807) is 0 Å². The molecule has 0 aliphatic heterocycles. The molecule has 1 aliphatic carbocycles. The van der Waals surface area contributed by atoms with Gasteiger partial charge in [-0.1, -0.05) is 24.3 Å². The van der Waals surface area contributed by atoms with Gasteiger partial charge in [0.15, 0.2) is 0 Å². The molecule has 7 nitrogen and oxygen atoms in total. The van der Waals surface area contributed by atoms with Gasteiger partial charge in [-0.05, 0) is 11.1 Å². The van der Waals surface area contributed by atoms with Gasteiger partial charge >= 0.3 is 14.0 Å². The molecule has 0 radical (unpaired) electrons. The lowest BCUT2D eigenvalue weighted by Gasteiger charge is -2.11. The highest BCUT2D eigenvalue weighted by Crippen LogP contribution is 2.35. The largest absolute Gasteiger partial charge is 0.510 e. The zero-order chi connectivity index (χ0) is 13.9. The number of ether oxygens (including phenoxy) is 2. The molecule has 0 heterocycles. The molecule has 19 heavy (non-hydrogen) atoms. The Bertz CT molecular complexity index is 485. The standard InChI is InChI=1S/C11H13O7P/c12-11(16-7-17-19(13,14)15)18-10-5-8-3-1-2-4-9(8)6-10/h1-4,10H,5-7H2,(H2,13,14,15). The maximum atomic E-state index is 11.3. The molecule has 0 saturated heterocycles. The van der Waals surface area contributed by atoms with Crippen molar-refractivity contribution < 1.29 is 33.1 Å². The van der Waals surface area contributed by atoms with E-state index in [2.05, 4.69) is 9.26 Å². The third-order valence-corrected chi connectivity index (χ3v) is 3.12. The van der Waals surface area contributed by atoms with E-state index in [0.717, 1.165) is 11.1 Å². The first-order valence-electron chi connectivity index (χ1n) is 5.54. The van der Waals surface area contributed by atoms with Crippen molar-refractivity contribution >= 4 is 14.0 Å². The predicted molar refractivity (Wildman–Crippen MR) is 63.2 cm³/mol. The monoisotopic (exact) mass is 288 g/mol. The molecule has 0 amide bonds. The second kappa shape index (κ2) is 5.71. The van der Waals surface area contributed by atoms with Crippen LogP contribution in [0.3, 0.4) is 0 Å². The SMILES string of the molecule is O=C(OCOP(=O)(O)O)OC1Cc2ccccc2C1. The van der Waals surface area contributed by atoms with Gasteiger partial charge in [0.25, 0.3) is 0 Å². The highest BCUT2D eigenvalue weighted by Gasteiger charge is 2.25. The first-order chi connectivity index (χ1) is 8.94. The summed E-state index contributed by atoms with van der Waals surface area (Å²) in [6.45, 7) is -0.844. The molecule has 1 aliphatic rings. The Morgan fingerprint density at radius 2 is 1.84 bits per heavy atom. The smallest absolute Gasteiger partial charge is 0.430 e. The summed E-state index contributed by atoms with van der Waals surface area (Å²) in [4.78, 5) is 28.0. The highest BCUT2D eigenvalue weighted by molar-refractivity contribution is 7.46. The molecule has 0 saturated carbocycles. The van der Waals surface area contributed by atoms with Crippen LogP contribution in [0.4, 0.5) is 4.79 Å². The van der Waals surface area contributed by atoms with Gasteiger partial charge in [-0.2, -0.15) is 0 Å². The van der Waals surface area contributed by atoms with Crippen LogP contribution in [0.25, 0.3) is 0 Å². The highest BCUT2D eigenvalue weighted by atomic mass is 31.2. The average Bonchev–Trinajstić information content (AvgIpc) is 2.68. The molecule has 2 N–H and O–H groups in total. The summed E-state index contributed by atoms with van der Waals surface area (Å²) < 4.78 is 23.7. The van der Waals surface area contributed by atoms with Crippen molar-refractivity contribution in [3.05, 3.63) is 35.4 Å². The number of carbonyl (C=O) groups is 1. The normalized spacial score (nSPS) is 15.1. The molecule has 0 fully saturated rings. The number of hydrogen-bond donors (Lipinski definition) is 2. The Morgan fingerprint density at radius 1 is 1.26 bits per heavy atom. The first-order valence-corrected chi connectivity index (χ1v) is 7.07. The van der Waals surface area contributed by atoms with Gasteiger partial charge in [0.05, 0.1) is 0 Å². The van der Waals surface area contributed by atoms with Crippen LogP contribution >= 0.6 is 7.82 Å². The lowest BCUT2D eigenvalue weighted by Crippen LogP contribution is -2.20. The van der Waals surface area contributed by atoms with E-state index in [0.29, 0.717) is 12.8 Å². The van der Waals surface area contributed by atoms with Crippen molar-refractivity contribution in [1.82, 2.24) is 0 Å². The number of phosphoric ester groups is 1. The van der Waals surface area contributed by atoms with E-state index in [-0.39, 0.29) is 6.10 Å².